The van der Waals surface area contributed by atoms with Gasteiger partial charge in [-0.25, -0.2) is 0 Å². The minimum Gasteiger partial charge on any atom is -0.298 e. The Morgan fingerprint density at radius 1 is 1.53 bits per heavy atom. The van der Waals surface area contributed by atoms with Crippen molar-refractivity contribution in [3.05, 3.63) is 39.5 Å². The fourth-order valence-electron chi connectivity index (χ4n) is 1.80. The van der Waals surface area contributed by atoms with Crippen LogP contribution < -0.4 is 0 Å². The summed E-state index contributed by atoms with van der Waals surface area (Å²) in [6.07, 6.45) is 3.54. The van der Waals surface area contributed by atoms with Crippen molar-refractivity contribution in [2.24, 2.45) is 0 Å². The highest BCUT2D eigenvalue weighted by Gasteiger charge is 2.15. The Labute approximate surface area is 125 Å². The summed E-state index contributed by atoms with van der Waals surface area (Å²) in [5.74, 6) is 0. The Hall–Kier alpha value is -1.13. The number of carbonyl (C=O) groups is 1. The maximum Gasteiger partial charge on any atom is 0.153 e. The van der Waals surface area contributed by atoms with E-state index in [1.165, 1.54) is 0 Å². The molecule has 0 radical (unpaired) electrons. The standard InChI is InChI=1S/C14H14BrClN2O/c1-3-9(2)18-7-10(8-19)14(17-18)12-5-4-11(15)6-13(12)16/h4-9H,3H2,1-2H3. The number of aromatic nitrogens is 2. The lowest BCUT2D eigenvalue weighted by Gasteiger charge is -2.08. The average Bonchev–Trinajstić information content (AvgIpc) is 2.81. The lowest BCUT2D eigenvalue weighted by Crippen LogP contribution is -2.04. The van der Waals surface area contributed by atoms with Crippen LogP contribution in [-0.2, 0) is 0 Å². The monoisotopic (exact) mass is 340 g/mol. The van der Waals surface area contributed by atoms with Crippen molar-refractivity contribution in [1.82, 2.24) is 9.78 Å². The molecule has 0 N–H and O–H groups in total. The molecule has 100 valence electrons. The van der Waals surface area contributed by atoms with E-state index in [0.29, 0.717) is 16.3 Å². The second-order valence-electron chi connectivity index (χ2n) is 4.41. The predicted octanol–water partition coefficient (Wildman–Crippen LogP) is 4.75. The lowest BCUT2D eigenvalue weighted by atomic mass is 10.1. The van der Waals surface area contributed by atoms with Crippen molar-refractivity contribution in [3.63, 3.8) is 0 Å². The molecule has 5 heteroatoms. The second-order valence-corrected chi connectivity index (χ2v) is 5.74. The number of nitrogens with zero attached hydrogens (tertiary/aromatic N) is 2. The topological polar surface area (TPSA) is 34.9 Å². The fraction of sp³-hybridized carbons (Fsp3) is 0.286. The van der Waals surface area contributed by atoms with E-state index in [9.17, 15) is 4.79 Å². The first-order valence-corrected chi connectivity index (χ1v) is 7.23. The van der Waals surface area contributed by atoms with Crippen LogP contribution >= 0.6 is 27.5 Å². The van der Waals surface area contributed by atoms with Gasteiger partial charge in [-0.05, 0) is 25.5 Å². The molecule has 0 fully saturated rings. The average molecular weight is 342 g/mol. The number of rotatable bonds is 4. The smallest absolute Gasteiger partial charge is 0.153 e. The summed E-state index contributed by atoms with van der Waals surface area (Å²) in [6.45, 7) is 4.15. The molecule has 1 atom stereocenters. The molecule has 19 heavy (non-hydrogen) atoms. The van der Waals surface area contributed by atoms with Gasteiger partial charge in [-0.15, -0.1) is 0 Å². The molecule has 1 heterocycles. The first kappa shape index (κ1) is 14.3. The van der Waals surface area contributed by atoms with Crippen LogP contribution in [0.2, 0.25) is 5.02 Å². The third-order valence-electron chi connectivity index (χ3n) is 3.12. The highest BCUT2D eigenvalue weighted by molar-refractivity contribution is 9.10. The lowest BCUT2D eigenvalue weighted by molar-refractivity contribution is 0.112. The van der Waals surface area contributed by atoms with Gasteiger partial charge in [-0.2, -0.15) is 5.10 Å². The molecule has 0 saturated heterocycles. The zero-order valence-corrected chi connectivity index (χ0v) is 13.1. The first-order valence-electron chi connectivity index (χ1n) is 6.06. The zero-order valence-electron chi connectivity index (χ0n) is 10.7. The van der Waals surface area contributed by atoms with Crippen molar-refractivity contribution in [1.29, 1.82) is 0 Å². The normalized spacial score (nSPS) is 12.4. The van der Waals surface area contributed by atoms with E-state index in [1.807, 2.05) is 16.8 Å². The van der Waals surface area contributed by atoms with Crippen molar-refractivity contribution >= 4 is 33.8 Å². The van der Waals surface area contributed by atoms with E-state index >= 15 is 0 Å². The van der Waals surface area contributed by atoms with Crippen molar-refractivity contribution < 1.29 is 4.79 Å². The van der Waals surface area contributed by atoms with Crippen molar-refractivity contribution in [2.45, 2.75) is 26.3 Å². The summed E-state index contributed by atoms with van der Waals surface area (Å²) in [6, 6.07) is 5.80. The molecular formula is C14H14BrClN2O. The van der Waals surface area contributed by atoms with Gasteiger partial charge >= 0.3 is 0 Å². The van der Waals surface area contributed by atoms with Crippen LogP contribution in [0.15, 0.2) is 28.9 Å². The Balaban J connectivity index is 2.54. The van der Waals surface area contributed by atoms with Crippen LogP contribution in [0.1, 0.15) is 36.7 Å². The Morgan fingerprint density at radius 3 is 2.84 bits per heavy atom. The van der Waals surface area contributed by atoms with Crippen LogP contribution in [0.4, 0.5) is 0 Å². The Morgan fingerprint density at radius 2 is 2.26 bits per heavy atom. The fourth-order valence-corrected chi connectivity index (χ4v) is 2.56. The number of halogens is 2. The number of carbonyl (C=O) groups excluding carboxylic acids is 1. The van der Waals surface area contributed by atoms with E-state index in [2.05, 4.69) is 34.9 Å². The zero-order chi connectivity index (χ0) is 14.0. The molecule has 0 bridgehead atoms. The Bertz CT molecular complexity index is 609. The SMILES string of the molecule is CCC(C)n1cc(C=O)c(-c2ccc(Br)cc2Cl)n1. The second kappa shape index (κ2) is 5.88. The molecule has 2 aromatic rings. The molecule has 0 aliphatic carbocycles. The molecule has 2 rings (SSSR count). The molecular weight excluding hydrogens is 328 g/mol. The van der Waals surface area contributed by atoms with Gasteiger partial charge in [-0.1, -0.05) is 40.5 Å². The summed E-state index contributed by atoms with van der Waals surface area (Å²) in [4.78, 5) is 11.2. The van der Waals surface area contributed by atoms with E-state index in [4.69, 9.17) is 11.6 Å². The molecule has 3 nitrogen and oxygen atoms in total. The summed E-state index contributed by atoms with van der Waals surface area (Å²) in [7, 11) is 0. The summed E-state index contributed by atoms with van der Waals surface area (Å²) < 4.78 is 2.72. The maximum absolute atomic E-state index is 11.2. The van der Waals surface area contributed by atoms with E-state index in [-0.39, 0.29) is 6.04 Å². The summed E-state index contributed by atoms with van der Waals surface area (Å²) in [5.41, 5.74) is 1.96. The van der Waals surface area contributed by atoms with Gasteiger partial charge in [0.1, 0.15) is 5.69 Å². The van der Waals surface area contributed by atoms with Crippen LogP contribution in [0.3, 0.4) is 0 Å². The van der Waals surface area contributed by atoms with E-state index in [1.54, 1.807) is 12.3 Å². The molecule has 0 aliphatic rings. The minimum atomic E-state index is 0.252. The van der Waals surface area contributed by atoms with Gasteiger partial charge < -0.3 is 0 Å². The van der Waals surface area contributed by atoms with Crippen LogP contribution in [-0.4, -0.2) is 16.1 Å². The molecule has 1 aromatic carbocycles. The molecule has 0 aliphatic heterocycles. The molecule has 1 unspecified atom stereocenters. The van der Waals surface area contributed by atoms with Gasteiger partial charge in [0.25, 0.3) is 0 Å². The highest BCUT2D eigenvalue weighted by Crippen LogP contribution is 2.31. The molecule has 0 spiro atoms. The summed E-state index contributed by atoms with van der Waals surface area (Å²) >= 11 is 9.58. The number of hydrogen-bond acceptors (Lipinski definition) is 2. The first-order chi connectivity index (χ1) is 9.06. The van der Waals surface area contributed by atoms with Gasteiger partial charge in [-0.3, -0.25) is 9.48 Å². The molecule has 1 aromatic heterocycles. The predicted molar refractivity (Wildman–Crippen MR) is 80.8 cm³/mol. The third kappa shape index (κ3) is 2.90. The largest absolute Gasteiger partial charge is 0.298 e. The van der Waals surface area contributed by atoms with Gasteiger partial charge in [0, 0.05) is 22.3 Å². The Kier molecular flexibility index (Phi) is 4.42. The quantitative estimate of drug-likeness (QED) is 0.752. The van der Waals surface area contributed by atoms with E-state index < -0.39 is 0 Å². The van der Waals surface area contributed by atoms with Crippen molar-refractivity contribution in [2.75, 3.05) is 0 Å². The van der Waals surface area contributed by atoms with Crippen LogP contribution in [0, 0.1) is 0 Å². The van der Waals surface area contributed by atoms with Gasteiger partial charge in [0.15, 0.2) is 6.29 Å². The molecule has 0 saturated carbocycles. The van der Waals surface area contributed by atoms with Crippen molar-refractivity contribution in [3.8, 4) is 11.3 Å². The molecule has 0 amide bonds. The third-order valence-corrected chi connectivity index (χ3v) is 3.92. The van der Waals surface area contributed by atoms with Gasteiger partial charge in [0.05, 0.1) is 10.6 Å². The van der Waals surface area contributed by atoms with E-state index in [0.717, 1.165) is 22.7 Å². The highest BCUT2D eigenvalue weighted by atomic mass is 79.9. The number of benzene rings is 1. The minimum absolute atomic E-state index is 0.252. The van der Waals surface area contributed by atoms with Gasteiger partial charge in [0.2, 0.25) is 0 Å². The maximum atomic E-state index is 11.2. The van der Waals surface area contributed by atoms with Crippen LogP contribution in [0.25, 0.3) is 11.3 Å². The number of aldehydes is 1. The number of hydrogen-bond donors (Lipinski definition) is 0. The van der Waals surface area contributed by atoms with Crippen LogP contribution in [0.5, 0.6) is 0 Å². The summed E-state index contributed by atoms with van der Waals surface area (Å²) in [5, 5.41) is 5.07.